The molecule has 0 aliphatic carbocycles. The predicted octanol–water partition coefficient (Wildman–Crippen LogP) is 2.50. The van der Waals surface area contributed by atoms with Gasteiger partial charge in [0.25, 0.3) is 11.6 Å². The van der Waals surface area contributed by atoms with Gasteiger partial charge in [0, 0.05) is 25.4 Å². The molecule has 0 bridgehead atoms. The molecule has 1 aromatic heterocycles. The van der Waals surface area contributed by atoms with E-state index in [2.05, 4.69) is 4.98 Å². The Bertz CT molecular complexity index is 706. The number of nitrogen functional groups attached to an aromatic ring is 1. The number of amides is 1. The minimum absolute atomic E-state index is 0.00459. The summed E-state index contributed by atoms with van der Waals surface area (Å²) in [7, 11) is 1.50. The lowest BCUT2D eigenvalue weighted by Gasteiger charge is -2.17. The number of anilines is 2. The monoisotopic (exact) mass is 306 g/mol. The summed E-state index contributed by atoms with van der Waals surface area (Å²) < 4.78 is 0. The first-order chi connectivity index (χ1) is 9.91. The smallest absolute Gasteiger partial charge is 0.271 e. The molecule has 0 atom stereocenters. The lowest BCUT2D eigenvalue weighted by Crippen LogP contribution is -2.28. The van der Waals surface area contributed by atoms with Crippen LogP contribution in [0.5, 0.6) is 0 Å². The zero-order valence-electron chi connectivity index (χ0n) is 11.0. The molecule has 7 nitrogen and oxygen atoms in total. The average Bonchev–Trinajstić information content (AvgIpc) is 2.49. The molecule has 21 heavy (non-hydrogen) atoms. The molecular formula is C13H11ClN4O3. The number of halogens is 1. The minimum Gasteiger partial charge on any atom is -0.397 e. The Labute approximate surface area is 125 Å². The van der Waals surface area contributed by atoms with E-state index in [1.54, 1.807) is 18.2 Å². The van der Waals surface area contributed by atoms with E-state index >= 15 is 0 Å². The standard InChI is InChI=1S/C13H11ClN4O3/c1-17(11-4-2-3-5-16-11)13(19)9-6-8(18(20)21)7-10(14)12(9)15/h2-7H,15H2,1H3. The minimum atomic E-state index is -0.636. The van der Waals surface area contributed by atoms with Gasteiger partial charge in [0.1, 0.15) is 5.82 Å². The summed E-state index contributed by atoms with van der Waals surface area (Å²) in [4.78, 5) is 27.9. The molecule has 2 rings (SSSR count). The molecule has 0 saturated heterocycles. The van der Waals surface area contributed by atoms with Crippen LogP contribution in [0.2, 0.25) is 5.02 Å². The SMILES string of the molecule is CN(C(=O)c1cc([N+](=O)[O-])cc(Cl)c1N)c1ccccn1. The van der Waals surface area contributed by atoms with Crippen molar-refractivity contribution in [1.29, 1.82) is 0 Å². The van der Waals surface area contributed by atoms with E-state index in [9.17, 15) is 14.9 Å². The maximum atomic E-state index is 12.4. The lowest BCUT2D eigenvalue weighted by atomic mass is 10.1. The quantitative estimate of drug-likeness (QED) is 0.533. The second-order valence-corrected chi connectivity index (χ2v) is 4.61. The fourth-order valence-electron chi connectivity index (χ4n) is 1.72. The fourth-order valence-corrected chi connectivity index (χ4v) is 1.94. The number of non-ortho nitro benzene ring substituents is 1. The van der Waals surface area contributed by atoms with Gasteiger partial charge in [-0.15, -0.1) is 0 Å². The first-order valence-corrected chi connectivity index (χ1v) is 6.22. The lowest BCUT2D eigenvalue weighted by molar-refractivity contribution is -0.384. The van der Waals surface area contributed by atoms with Crippen molar-refractivity contribution in [3.63, 3.8) is 0 Å². The molecule has 0 saturated carbocycles. The Morgan fingerprint density at radius 2 is 2.14 bits per heavy atom. The summed E-state index contributed by atoms with van der Waals surface area (Å²) >= 11 is 5.84. The normalized spacial score (nSPS) is 10.2. The summed E-state index contributed by atoms with van der Waals surface area (Å²) in [5, 5.41) is 10.8. The van der Waals surface area contributed by atoms with Gasteiger partial charge in [-0.2, -0.15) is 0 Å². The molecule has 0 spiro atoms. The van der Waals surface area contributed by atoms with E-state index in [-0.39, 0.29) is 22.0 Å². The van der Waals surface area contributed by atoms with Crippen LogP contribution in [0.4, 0.5) is 17.2 Å². The summed E-state index contributed by atoms with van der Waals surface area (Å²) in [6.45, 7) is 0. The highest BCUT2D eigenvalue weighted by molar-refractivity contribution is 6.34. The number of benzene rings is 1. The van der Waals surface area contributed by atoms with Gasteiger partial charge >= 0.3 is 0 Å². The Hall–Kier alpha value is -2.67. The first kappa shape index (κ1) is 14.7. The van der Waals surface area contributed by atoms with Crippen molar-refractivity contribution in [2.24, 2.45) is 0 Å². The molecule has 1 amide bonds. The topological polar surface area (TPSA) is 102 Å². The highest BCUT2D eigenvalue weighted by atomic mass is 35.5. The second kappa shape index (κ2) is 5.76. The van der Waals surface area contributed by atoms with Crippen molar-refractivity contribution in [3.05, 3.63) is 57.2 Å². The molecule has 8 heteroatoms. The summed E-state index contributed by atoms with van der Waals surface area (Å²) in [6, 6.07) is 7.26. The van der Waals surface area contributed by atoms with Crippen molar-refractivity contribution in [2.45, 2.75) is 0 Å². The van der Waals surface area contributed by atoms with Crippen LogP contribution in [0.15, 0.2) is 36.5 Å². The molecule has 0 fully saturated rings. The maximum Gasteiger partial charge on any atom is 0.271 e. The number of nitro groups is 1. The van der Waals surface area contributed by atoms with E-state index in [0.717, 1.165) is 12.1 Å². The van der Waals surface area contributed by atoms with Crippen molar-refractivity contribution < 1.29 is 9.72 Å². The molecule has 2 aromatic rings. The maximum absolute atomic E-state index is 12.4. The third kappa shape index (κ3) is 2.92. The Kier molecular flexibility index (Phi) is 4.04. The van der Waals surface area contributed by atoms with Gasteiger partial charge in [-0.1, -0.05) is 17.7 Å². The molecular weight excluding hydrogens is 296 g/mol. The zero-order chi connectivity index (χ0) is 15.6. The number of hydrogen-bond acceptors (Lipinski definition) is 5. The van der Waals surface area contributed by atoms with Crippen LogP contribution in [0.3, 0.4) is 0 Å². The van der Waals surface area contributed by atoms with Crippen LogP contribution in [-0.4, -0.2) is 22.9 Å². The number of aromatic nitrogens is 1. The number of carbonyl (C=O) groups excluding carboxylic acids is 1. The molecule has 0 aliphatic rings. The van der Waals surface area contributed by atoms with E-state index in [4.69, 9.17) is 17.3 Å². The van der Waals surface area contributed by atoms with Gasteiger partial charge in [0.2, 0.25) is 0 Å². The van der Waals surface area contributed by atoms with Crippen LogP contribution in [0, 0.1) is 10.1 Å². The number of nitro benzene ring substituents is 1. The highest BCUT2D eigenvalue weighted by Crippen LogP contribution is 2.30. The number of hydrogen-bond donors (Lipinski definition) is 1. The number of nitrogens with zero attached hydrogens (tertiary/aromatic N) is 3. The highest BCUT2D eigenvalue weighted by Gasteiger charge is 2.22. The Morgan fingerprint density at radius 1 is 1.43 bits per heavy atom. The average molecular weight is 307 g/mol. The predicted molar refractivity (Wildman–Crippen MR) is 79.5 cm³/mol. The fraction of sp³-hybridized carbons (Fsp3) is 0.0769. The third-order valence-corrected chi connectivity index (χ3v) is 3.17. The largest absolute Gasteiger partial charge is 0.397 e. The number of nitrogens with two attached hydrogens (primary N) is 1. The second-order valence-electron chi connectivity index (χ2n) is 4.20. The van der Waals surface area contributed by atoms with Gasteiger partial charge in [0.05, 0.1) is 21.2 Å². The summed E-state index contributed by atoms with van der Waals surface area (Å²) in [5.41, 5.74) is 5.40. The number of carbonyl (C=O) groups is 1. The molecule has 1 aromatic carbocycles. The molecule has 0 radical (unpaired) electrons. The van der Waals surface area contributed by atoms with E-state index in [0.29, 0.717) is 5.82 Å². The van der Waals surface area contributed by atoms with Gasteiger partial charge in [0.15, 0.2) is 0 Å². The van der Waals surface area contributed by atoms with E-state index in [1.807, 2.05) is 0 Å². The van der Waals surface area contributed by atoms with Crippen molar-refractivity contribution in [2.75, 3.05) is 17.7 Å². The molecule has 1 heterocycles. The molecule has 0 unspecified atom stereocenters. The molecule has 0 aliphatic heterocycles. The van der Waals surface area contributed by atoms with Crippen LogP contribution in [0.25, 0.3) is 0 Å². The van der Waals surface area contributed by atoms with Crippen molar-refractivity contribution in [3.8, 4) is 0 Å². The Morgan fingerprint density at radius 3 is 2.71 bits per heavy atom. The zero-order valence-corrected chi connectivity index (χ0v) is 11.7. The van der Waals surface area contributed by atoms with Crippen LogP contribution < -0.4 is 10.6 Å². The summed E-state index contributed by atoms with van der Waals surface area (Å²) in [5.74, 6) is -0.138. The van der Waals surface area contributed by atoms with Crippen molar-refractivity contribution in [1.82, 2.24) is 4.98 Å². The van der Waals surface area contributed by atoms with Gasteiger partial charge < -0.3 is 5.73 Å². The third-order valence-electron chi connectivity index (χ3n) is 2.85. The molecule has 2 N–H and O–H groups in total. The van der Waals surface area contributed by atoms with Crippen LogP contribution >= 0.6 is 11.6 Å². The molecule has 108 valence electrons. The first-order valence-electron chi connectivity index (χ1n) is 5.84. The van der Waals surface area contributed by atoms with Crippen molar-refractivity contribution >= 4 is 34.7 Å². The van der Waals surface area contributed by atoms with Crippen LogP contribution in [-0.2, 0) is 0 Å². The van der Waals surface area contributed by atoms with Gasteiger partial charge in [-0.25, -0.2) is 4.98 Å². The van der Waals surface area contributed by atoms with Crippen LogP contribution in [0.1, 0.15) is 10.4 Å². The summed E-state index contributed by atoms with van der Waals surface area (Å²) in [6.07, 6.45) is 1.53. The Balaban J connectivity index is 2.46. The van der Waals surface area contributed by atoms with Gasteiger partial charge in [-0.3, -0.25) is 19.8 Å². The van der Waals surface area contributed by atoms with E-state index < -0.39 is 10.8 Å². The van der Waals surface area contributed by atoms with E-state index in [1.165, 1.54) is 18.1 Å². The number of rotatable bonds is 3. The van der Waals surface area contributed by atoms with Gasteiger partial charge in [-0.05, 0) is 12.1 Å². The number of pyridine rings is 1.